The number of carboxylic acid groups (broad SMARTS) is 1. The number of ketones is 1. The van der Waals surface area contributed by atoms with E-state index in [4.69, 9.17) is 5.11 Å². The van der Waals surface area contributed by atoms with Crippen molar-refractivity contribution in [1.82, 2.24) is 14.8 Å². The molecule has 1 rings (SSSR count). The summed E-state index contributed by atoms with van der Waals surface area (Å²) >= 11 is 0. The maximum Gasteiger partial charge on any atom is 0.303 e. The van der Waals surface area contributed by atoms with E-state index in [9.17, 15) is 9.59 Å². The van der Waals surface area contributed by atoms with E-state index in [1.807, 2.05) is 11.6 Å². The van der Waals surface area contributed by atoms with Crippen molar-refractivity contribution in [2.45, 2.75) is 39.0 Å². The Morgan fingerprint density at radius 1 is 1.44 bits per heavy atom. The lowest BCUT2D eigenvalue weighted by Gasteiger charge is -2.07. The molecule has 0 saturated heterocycles. The molecule has 0 aromatic carbocycles. The SMILES string of the molecule is CC(CC(=O)O)CC(=O)CCCc1nncn1C. The second-order valence-corrected chi connectivity index (χ2v) is 4.66. The molecule has 0 aliphatic carbocycles. The van der Waals surface area contributed by atoms with E-state index in [0.29, 0.717) is 12.8 Å². The zero-order valence-corrected chi connectivity index (χ0v) is 10.8. The molecule has 1 N–H and O–H groups in total. The number of carboxylic acids is 1. The highest BCUT2D eigenvalue weighted by Gasteiger charge is 2.12. The Morgan fingerprint density at radius 2 is 2.17 bits per heavy atom. The molecule has 0 radical (unpaired) electrons. The van der Waals surface area contributed by atoms with Crippen LogP contribution in [0.4, 0.5) is 0 Å². The van der Waals surface area contributed by atoms with Gasteiger partial charge in [0, 0.05) is 32.7 Å². The van der Waals surface area contributed by atoms with Crippen molar-refractivity contribution in [3.8, 4) is 0 Å². The van der Waals surface area contributed by atoms with E-state index in [-0.39, 0.29) is 18.1 Å². The fourth-order valence-electron chi connectivity index (χ4n) is 1.84. The maximum atomic E-state index is 11.6. The molecular weight excluding hydrogens is 234 g/mol. The van der Waals surface area contributed by atoms with Crippen molar-refractivity contribution in [3.05, 3.63) is 12.2 Å². The molecule has 0 amide bonds. The van der Waals surface area contributed by atoms with Gasteiger partial charge in [0.2, 0.25) is 0 Å². The van der Waals surface area contributed by atoms with Crippen LogP contribution in [-0.2, 0) is 23.1 Å². The molecule has 1 aromatic heterocycles. The largest absolute Gasteiger partial charge is 0.481 e. The van der Waals surface area contributed by atoms with E-state index in [1.54, 1.807) is 13.3 Å². The van der Waals surface area contributed by atoms with Crippen molar-refractivity contribution in [2.75, 3.05) is 0 Å². The number of aromatic nitrogens is 3. The minimum absolute atomic E-state index is 0.0506. The minimum atomic E-state index is -0.852. The molecule has 1 aromatic rings. The summed E-state index contributed by atoms with van der Waals surface area (Å²) in [6, 6.07) is 0. The van der Waals surface area contributed by atoms with Crippen LogP contribution in [-0.4, -0.2) is 31.6 Å². The molecule has 6 heteroatoms. The molecule has 0 saturated carbocycles. The molecule has 1 heterocycles. The highest BCUT2D eigenvalue weighted by molar-refractivity contribution is 5.79. The molecule has 100 valence electrons. The van der Waals surface area contributed by atoms with Crippen LogP contribution in [0.3, 0.4) is 0 Å². The summed E-state index contributed by atoms with van der Waals surface area (Å²) in [6.07, 6.45) is 3.93. The lowest BCUT2D eigenvalue weighted by atomic mass is 9.98. The number of rotatable bonds is 8. The number of aliphatic carboxylic acids is 1. The quantitative estimate of drug-likeness (QED) is 0.752. The number of carbonyl (C=O) groups excluding carboxylic acids is 1. The summed E-state index contributed by atoms with van der Waals surface area (Å²) in [5.74, 6) is 0.0338. The Balaban J connectivity index is 2.21. The molecular formula is C12H19N3O3. The van der Waals surface area contributed by atoms with E-state index >= 15 is 0 Å². The molecule has 0 aliphatic heterocycles. The predicted molar refractivity (Wildman–Crippen MR) is 65.0 cm³/mol. The molecule has 6 nitrogen and oxygen atoms in total. The summed E-state index contributed by atoms with van der Waals surface area (Å²) in [5.41, 5.74) is 0. The number of hydrogen-bond acceptors (Lipinski definition) is 4. The first-order valence-corrected chi connectivity index (χ1v) is 6.05. The Kier molecular flexibility index (Phi) is 5.48. The van der Waals surface area contributed by atoms with Crippen molar-refractivity contribution in [3.63, 3.8) is 0 Å². The Bertz CT molecular complexity index is 414. The summed E-state index contributed by atoms with van der Waals surface area (Å²) < 4.78 is 1.83. The van der Waals surface area contributed by atoms with Crippen molar-refractivity contribution in [2.24, 2.45) is 13.0 Å². The lowest BCUT2D eigenvalue weighted by Crippen LogP contribution is -2.10. The third kappa shape index (κ3) is 5.07. The van der Waals surface area contributed by atoms with Gasteiger partial charge in [-0.3, -0.25) is 9.59 Å². The Labute approximate surface area is 106 Å². The van der Waals surface area contributed by atoms with Gasteiger partial charge in [-0.05, 0) is 12.3 Å². The second kappa shape index (κ2) is 6.88. The Morgan fingerprint density at radius 3 is 2.72 bits per heavy atom. The fraction of sp³-hybridized carbons (Fsp3) is 0.667. The molecule has 1 atom stereocenters. The number of Topliss-reactive ketones (excluding diaryl/α,β-unsaturated/α-hetero) is 1. The number of aryl methyl sites for hydroxylation is 2. The molecule has 18 heavy (non-hydrogen) atoms. The van der Waals surface area contributed by atoms with Crippen LogP contribution in [0.25, 0.3) is 0 Å². The molecule has 0 aliphatic rings. The first-order valence-electron chi connectivity index (χ1n) is 6.05. The first kappa shape index (κ1) is 14.3. The number of hydrogen-bond donors (Lipinski definition) is 1. The van der Waals surface area contributed by atoms with E-state index < -0.39 is 5.97 Å². The summed E-state index contributed by atoms with van der Waals surface area (Å²) in [7, 11) is 1.87. The van der Waals surface area contributed by atoms with Gasteiger partial charge in [0.05, 0.1) is 0 Å². The van der Waals surface area contributed by atoms with Crippen LogP contribution in [0.1, 0.15) is 38.4 Å². The second-order valence-electron chi connectivity index (χ2n) is 4.66. The average molecular weight is 253 g/mol. The van der Waals surface area contributed by atoms with Gasteiger partial charge in [-0.2, -0.15) is 0 Å². The van der Waals surface area contributed by atoms with Gasteiger partial charge in [0.1, 0.15) is 17.9 Å². The summed E-state index contributed by atoms with van der Waals surface area (Å²) in [6.45, 7) is 1.79. The van der Waals surface area contributed by atoms with Gasteiger partial charge in [0.25, 0.3) is 0 Å². The Hall–Kier alpha value is -1.72. The fourth-order valence-corrected chi connectivity index (χ4v) is 1.84. The standard InChI is InChI=1S/C12H19N3O3/c1-9(7-12(17)18)6-10(16)4-3-5-11-14-13-8-15(11)2/h8-9H,3-7H2,1-2H3,(H,17,18). The number of carbonyl (C=O) groups is 2. The zero-order chi connectivity index (χ0) is 13.5. The van der Waals surface area contributed by atoms with Gasteiger partial charge in [-0.1, -0.05) is 6.92 Å². The molecule has 1 unspecified atom stereocenters. The van der Waals surface area contributed by atoms with E-state index in [0.717, 1.165) is 18.7 Å². The van der Waals surface area contributed by atoms with Crippen LogP contribution < -0.4 is 0 Å². The van der Waals surface area contributed by atoms with E-state index in [2.05, 4.69) is 10.2 Å². The van der Waals surface area contributed by atoms with Crippen LogP contribution in [0.15, 0.2) is 6.33 Å². The van der Waals surface area contributed by atoms with Gasteiger partial charge < -0.3 is 9.67 Å². The van der Waals surface area contributed by atoms with Crippen LogP contribution >= 0.6 is 0 Å². The third-order valence-electron chi connectivity index (χ3n) is 2.76. The van der Waals surface area contributed by atoms with Gasteiger partial charge in [-0.25, -0.2) is 0 Å². The normalized spacial score (nSPS) is 12.3. The summed E-state index contributed by atoms with van der Waals surface area (Å²) in [4.78, 5) is 22.1. The van der Waals surface area contributed by atoms with Crippen LogP contribution in [0, 0.1) is 5.92 Å². The van der Waals surface area contributed by atoms with E-state index in [1.165, 1.54) is 0 Å². The van der Waals surface area contributed by atoms with Crippen molar-refractivity contribution >= 4 is 11.8 Å². The monoisotopic (exact) mass is 253 g/mol. The molecule has 0 bridgehead atoms. The van der Waals surface area contributed by atoms with Crippen LogP contribution in [0.5, 0.6) is 0 Å². The van der Waals surface area contributed by atoms with Gasteiger partial charge in [-0.15, -0.1) is 10.2 Å². The van der Waals surface area contributed by atoms with Crippen molar-refractivity contribution < 1.29 is 14.7 Å². The van der Waals surface area contributed by atoms with Crippen molar-refractivity contribution in [1.29, 1.82) is 0 Å². The van der Waals surface area contributed by atoms with Crippen LogP contribution in [0.2, 0.25) is 0 Å². The van der Waals surface area contributed by atoms with Gasteiger partial charge in [0.15, 0.2) is 0 Å². The predicted octanol–water partition coefficient (Wildman–Crippen LogP) is 1.21. The molecule has 0 spiro atoms. The maximum absolute atomic E-state index is 11.6. The first-order chi connectivity index (χ1) is 8.49. The molecule has 0 fully saturated rings. The third-order valence-corrected chi connectivity index (χ3v) is 2.76. The minimum Gasteiger partial charge on any atom is -0.481 e. The topological polar surface area (TPSA) is 85.1 Å². The highest BCUT2D eigenvalue weighted by atomic mass is 16.4. The zero-order valence-electron chi connectivity index (χ0n) is 10.8. The summed E-state index contributed by atoms with van der Waals surface area (Å²) in [5, 5.41) is 16.3. The number of nitrogens with zero attached hydrogens (tertiary/aromatic N) is 3. The van der Waals surface area contributed by atoms with Gasteiger partial charge >= 0.3 is 5.97 Å². The average Bonchev–Trinajstić information content (AvgIpc) is 2.63. The lowest BCUT2D eigenvalue weighted by molar-refractivity contribution is -0.138. The smallest absolute Gasteiger partial charge is 0.303 e. The highest BCUT2D eigenvalue weighted by Crippen LogP contribution is 2.11.